The number of azo groups is 1. The third kappa shape index (κ3) is 3.23. The second kappa shape index (κ2) is 5.96. The van der Waals surface area contributed by atoms with E-state index in [9.17, 15) is 9.18 Å². The molecule has 0 saturated heterocycles. The molecule has 0 aliphatic heterocycles. The molecule has 2 aromatic heterocycles. The summed E-state index contributed by atoms with van der Waals surface area (Å²) < 4.78 is 14.9. The Bertz CT molecular complexity index is 916. The summed E-state index contributed by atoms with van der Waals surface area (Å²) in [6, 6.07) is 9.91. The molecule has 0 aliphatic rings. The van der Waals surface area contributed by atoms with Crippen molar-refractivity contribution < 1.29 is 9.18 Å². The molecule has 1 N–H and O–H groups in total. The SMILES string of the molecule is CC(=O)Nc1cccc(N=Nc2c(C)nc3ccc(F)cn23)c1. The number of imidazole rings is 1. The molecular formula is C16H14FN5O. The fraction of sp³-hybridized carbons (Fsp3) is 0.125. The summed E-state index contributed by atoms with van der Waals surface area (Å²) in [7, 11) is 0. The van der Waals surface area contributed by atoms with Gasteiger partial charge in [-0.25, -0.2) is 9.37 Å². The second-order valence-corrected chi connectivity index (χ2v) is 5.03. The van der Waals surface area contributed by atoms with Gasteiger partial charge in [0.2, 0.25) is 5.91 Å². The molecule has 0 radical (unpaired) electrons. The van der Waals surface area contributed by atoms with Gasteiger partial charge in [0, 0.05) is 18.8 Å². The Hall–Kier alpha value is -3.09. The van der Waals surface area contributed by atoms with Gasteiger partial charge in [0.05, 0.1) is 11.4 Å². The van der Waals surface area contributed by atoms with Crippen LogP contribution in [0.15, 0.2) is 52.8 Å². The van der Waals surface area contributed by atoms with Crippen LogP contribution < -0.4 is 5.32 Å². The molecule has 0 saturated carbocycles. The van der Waals surface area contributed by atoms with E-state index in [1.54, 1.807) is 41.7 Å². The number of amides is 1. The van der Waals surface area contributed by atoms with Crippen LogP contribution >= 0.6 is 0 Å². The van der Waals surface area contributed by atoms with Crippen LogP contribution in [0.3, 0.4) is 0 Å². The van der Waals surface area contributed by atoms with Gasteiger partial charge in [-0.15, -0.1) is 10.2 Å². The Kier molecular flexibility index (Phi) is 3.84. The predicted molar refractivity (Wildman–Crippen MR) is 84.8 cm³/mol. The number of carbonyl (C=O) groups excluding carboxylic acids is 1. The summed E-state index contributed by atoms with van der Waals surface area (Å²) in [5.41, 5.74) is 2.46. The van der Waals surface area contributed by atoms with E-state index in [0.717, 1.165) is 0 Å². The molecule has 6 nitrogen and oxygen atoms in total. The molecular weight excluding hydrogens is 297 g/mol. The summed E-state index contributed by atoms with van der Waals surface area (Å²) in [5.74, 6) is -0.0735. The molecule has 23 heavy (non-hydrogen) atoms. The highest BCUT2D eigenvalue weighted by atomic mass is 19.1. The van der Waals surface area contributed by atoms with Gasteiger partial charge in [-0.05, 0) is 37.3 Å². The highest BCUT2D eigenvalue weighted by Gasteiger charge is 2.08. The zero-order valence-electron chi connectivity index (χ0n) is 12.6. The summed E-state index contributed by atoms with van der Waals surface area (Å²) >= 11 is 0. The molecule has 0 fully saturated rings. The van der Waals surface area contributed by atoms with Crippen molar-refractivity contribution >= 4 is 28.7 Å². The topological polar surface area (TPSA) is 71.1 Å². The van der Waals surface area contributed by atoms with Crippen LogP contribution in [0.5, 0.6) is 0 Å². The number of anilines is 1. The number of benzene rings is 1. The van der Waals surface area contributed by atoms with Crippen molar-refractivity contribution in [1.82, 2.24) is 9.38 Å². The van der Waals surface area contributed by atoms with Crippen molar-refractivity contribution in [3.05, 3.63) is 54.1 Å². The van der Waals surface area contributed by atoms with Gasteiger partial charge < -0.3 is 5.32 Å². The molecule has 2 heterocycles. The summed E-state index contributed by atoms with van der Waals surface area (Å²) in [6.45, 7) is 3.22. The summed E-state index contributed by atoms with van der Waals surface area (Å²) in [6.07, 6.45) is 1.32. The van der Waals surface area contributed by atoms with Gasteiger partial charge in [-0.3, -0.25) is 9.20 Å². The maximum absolute atomic E-state index is 13.4. The number of nitrogens with one attached hydrogen (secondary N) is 1. The number of hydrogen-bond donors (Lipinski definition) is 1. The smallest absolute Gasteiger partial charge is 0.221 e. The number of carbonyl (C=O) groups is 1. The summed E-state index contributed by atoms with van der Waals surface area (Å²) in [4.78, 5) is 15.4. The molecule has 0 atom stereocenters. The fourth-order valence-corrected chi connectivity index (χ4v) is 2.20. The van der Waals surface area contributed by atoms with E-state index in [1.165, 1.54) is 19.2 Å². The van der Waals surface area contributed by atoms with Gasteiger partial charge >= 0.3 is 0 Å². The number of aromatic nitrogens is 2. The molecule has 0 spiro atoms. The molecule has 0 unspecified atom stereocenters. The minimum absolute atomic E-state index is 0.160. The first-order chi connectivity index (χ1) is 11.0. The molecule has 116 valence electrons. The third-order valence-electron chi connectivity index (χ3n) is 3.15. The lowest BCUT2D eigenvalue weighted by molar-refractivity contribution is -0.114. The molecule has 7 heteroatoms. The predicted octanol–water partition coefficient (Wildman–Crippen LogP) is 4.16. The van der Waals surface area contributed by atoms with E-state index < -0.39 is 0 Å². The number of rotatable bonds is 3. The van der Waals surface area contributed by atoms with E-state index in [0.29, 0.717) is 28.5 Å². The van der Waals surface area contributed by atoms with E-state index in [4.69, 9.17) is 0 Å². The zero-order chi connectivity index (χ0) is 16.4. The van der Waals surface area contributed by atoms with Crippen LogP contribution in [0.2, 0.25) is 0 Å². The monoisotopic (exact) mass is 311 g/mol. The molecule has 0 bridgehead atoms. The normalized spacial score (nSPS) is 11.3. The minimum atomic E-state index is -0.376. The quantitative estimate of drug-likeness (QED) is 0.738. The van der Waals surface area contributed by atoms with Crippen LogP contribution in [0.1, 0.15) is 12.6 Å². The number of halogens is 1. The molecule has 3 rings (SSSR count). The molecule has 0 aliphatic carbocycles. The van der Waals surface area contributed by atoms with Crippen LogP contribution in [0, 0.1) is 12.7 Å². The van der Waals surface area contributed by atoms with Crippen molar-refractivity contribution in [2.24, 2.45) is 10.2 Å². The van der Waals surface area contributed by atoms with Crippen molar-refractivity contribution in [1.29, 1.82) is 0 Å². The number of hydrogen-bond acceptors (Lipinski definition) is 4. The average molecular weight is 311 g/mol. The average Bonchev–Trinajstić information content (AvgIpc) is 2.80. The standard InChI is InChI=1S/C16H14FN5O/c1-10-16(22-9-12(17)6-7-15(22)18-10)21-20-14-5-3-4-13(8-14)19-11(2)23/h3-9H,1-2H3,(H,19,23). The first kappa shape index (κ1) is 14.8. The lowest BCUT2D eigenvalue weighted by atomic mass is 10.3. The van der Waals surface area contributed by atoms with Gasteiger partial charge in [0.25, 0.3) is 0 Å². The van der Waals surface area contributed by atoms with Crippen LogP contribution in [-0.2, 0) is 4.79 Å². The highest BCUT2D eigenvalue weighted by molar-refractivity contribution is 5.89. The number of nitrogens with zero attached hydrogens (tertiary/aromatic N) is 4. The Morgan fingerprint density at radius 1 is 1.26 bits per heavy atom. The Labute approximate surface area is 131 Å². The van der Waals surface area contributed by atoms with Gasteiger partial charge in [-0.2, -0.15) is 0 Å². The first-order valence-electron chi connectivity index (χ1n) is 6.96. The number of fused-ring (bicyclic) bond motifs is 1. The number of pyridine rings is 1. The first-order valence-corrected chi connectivity index (χ1v) is 6.96. The lowest BCUT2D eigenvalue weighted by Crippen LogP contribution is -2.04. The molecule has 1 aromatic carbocycles. The van der Waals surface area contributed by atoms with Crippen molar-refractivity contribution in [2.75, 3.05) is 5.32 Å². The zero-order valence-corrected chi connectivity index (χ0v) is 12.6. The maximum Gasteiger partial charge on any atom is 0.221 e. The Balaban J connectivity index is 1.95. The maximum atomic E-state index is 13.4. The van der Waals surface area contributed by atoms with Crippen LogP contribution in [-0.4, -0.2) is 15.3 Å². The van der Waals surface area contributed by atoms with Crippen molar-refractivity contribution in [2.45, 2.75) is 13.8 Å². The van der Waals surface area contributed by atoms with E-state index in [1.807, 2.05) is 0 Å². The largest absolute Gasteiger partial charge is 0.326 e. The summed E-state index contributed by atoms with van der Waals surface area (Å²) in [5, 5.41) is 11.0. The molecule has 3 aromatic rings. The van der Waals surface area contributed by atoms with Crippen molar-refractivity contribution in [3.8, 4) is 0 Å². The molecule has 1 amide bonds. The second-order valence-electron chi connectivity index (χ2n) is 5.03. The minimum Gasteiger partial charge on any atom is -0.326 e. The van der Waals surface area contributed by atoms with Crippen molar-refractivity contribution in [3.63, 3.8) is 0 Å². The van der Waals surface area contributed by atoms with E-state index in [-0.39, 0.29) is 11.7 Å². The Morgan fingerprint density at radius 3 is 2.87 bits per heavy atom. The lowest BCUT2D eigenvalue weighted by Gasteiger charge is -2.02. The number of aryl methyl sites for hydroxylation is 1. The van der Waals surface area contributed by atoms with Gasteiger partial charge in [0.15, 0.2) is 5.82 Å². The van der Waals surface area contributed by atoms with Gasteiger partial charge in [0.1, 0.15) is 11.5 Å². The van der Waals surface area contributed by atoms with Crippen LogP contribution in [0.4, 0.5) is 21.6 Å². The van der Waals surface area contributed by atoms with Gasteiger partial charge in [-0.1, -0.05) is 6.07 Å². The van der Waals surface area contributed by atoms with Crippen LogP contribution in [0.25, 0.3) is 5.65 Å². The third-order valence-corrected chi connectivity index (χ3v) is 3.15. The van der Waals surface area contributed by atoms with E-state index >= 15 is 0 Å². The highest BCUT2D eigenvalue weighted by Crippen LogP contribution is 2.25. The fourth-order valence-electron chi connectivity index (χ4n) is 2.20. The van der Waals surface area contributed by atoms with E-state index in [2.05, 4.69) is 20.5 Å². The Morgan fingerprint density at radius 2 is 2.09 bits per heavy atom.